The van der Waals surface area contributed by atoms with Crippen molar-refractivity contribution in [1.82, 2.24) is 10.2 Å². The van der Waals surface area contributed by atoms with E-state index in [0.717, 1.165) is 12.8 Å². The standard InChI is InChI=1S/C20H19Cl2N3O3S/c21-15-10-16(22)12-18(11-15)29(26,27)25-17-8-4-7-14(9-17)20-24-23-19(28-20)13-5-2-1-3-6-13/h4,7-13,25H,1-3,5-6H2. The van der Waals surface area contributed by atoms with Crippen LogP contribution in [0.15, 0.2) is 51.8 Å². The summed E-state index contributed by atoms with van der Waals surface area (Å²) in [4.78, 5) is -0.0159. The quantitative estimate of drug-likeness (QED) is 0.522. The van der Waals surface area contributed by atoms with Crippen LogP contribution >= 0.6 is 23.2 Å². The van der Waals surface area contributed by atoms with E-state index < -0.39 is 10.0 Å². The molecule has 1 heterocycles. The van der Waals surface area contributed by atoms with E-state index in [1.54, 1.807) is 24.3 Å². The number of hydrogen-bond donors (Lipinski definition) is 1. The summed E-state index contributed by atoms with van der Waals surface area (Å²) >= 11 is 11.9. The molecule has 0 amide bonds. The van der Waals surface area contributed by atoms with Crippen molar-refractivity contribution in [3.63, 3.8) is 0 Å². The van der Waals surface area contributed by atoms with Crippen LogP contribution in [0.25, 0.3) is 11.5 Å². The molecule has 2 aromatic carbocycles. The number of benzene rings is 2. The number of hydrogen-bond acceptors (Lipinski definition) is 5. The molecule has 0 unspecified atom stereocenters. The molecule has 9 heteroatoms. The van der Waals surface area contributed by atoms with Gasteiger partial charge in [-0.25, -0.2) is 8.42 Å². The molecule has 29 heavy (non-hydrogen) atoms. The van der Waals surface area contributed by atoms with Crippen molar-refractivity contribution in [3.8, 4) is 11.5 Å². The normalized spacial score (nSPS) is 15.4. The summed E-state index contributed by atoms with van der Waals surface area (Å²) in [6.07, 6.45) is 5.71. The third-order valence-corrected chi connectivity index (χ3v) is 6.70. The maximum Gasteiger partial charge on any atom is 0.261 e. The van der Waals surface area contributed by atoms with Gasteiger partial charge in [0.1, 0.15) is 0 Å². The third kappa shape index (κ3) is 4.74. The highest BCUT2D eigenvalue weighted by Gasteiger charge is 2.22. The molecule has 4 rings (SSSR count). The maximum absolute atomic E-state index is 12.7. The zero-order valence-corrected chi connectivity index (χ0v) is 17.8. The SMILES string of the molecule is O=S(=O)(Nc1cccc(-c2nnc(C3CCCCC3)o2)c1)c1cc(Cl)cc(Cl)c1. The first kappa shape index (κ1) is 20.2. The first-order chi connectivity index (χ1) is 13.9. The maximum atomic E-state index is 12.7. The molecule has 6 nitrogen and oxygen atoms in total. The molecule has 1 aromatic heterocycles. The van der Waals surface area contributed by atoms with Crippen molar-refractivity contribution in [2.24, 2.45) is 0 Å². The van der Waals surface area contributed by atoms with Crippen LogP contribution in [-0.2, 0) is 10.0 Å². The zero-order valence-electron chi connectivity index (χ0n) is 15.4. The van der Waals surface area contributed by atoms with Crippen molar-refractivity contribution in [3.05, 3.63) is 58.4 Å². The van der Waals surface area contributed by atoms with Gasteiger partial charge in [-0.1, -0.05) is 48.5 Å². The summed E-state index contributed by atoms with van der Waals surface area (Å²) in [7, 11) is -3.85. The second kappa shape index (κ2) is 8.34. The topological polar surface area (TPSA) is 85.1 Å². The van der Waals surface area contributed by atoms with Crippen LogP contribution in [0, 0.1) is 0 Å². The van der Waals surface area contributed by atoms with Gasteiger partial charge in [0, 0.05) is 27.2 Å². The number of rotatable bonds is 5. The monoisotopic (exact) mass is 451 g/mol. The Hall–Kier alpha value is -2.09. The highest BCUT2D eigenvalue weighted by Crippen LogP contribution is 2.33. The van der Waals surface area contributed by atoms with Crippen molar-refractivity contribution in [1.29, 1.82) is 0 Å². The molecule has 1 N–H and O–H groups in total. The molecule has 0 atom stereocenters. The Kier molecular flexibility index (Phi) is 5.81. The Morgan fingerprint density at radius 3 is 2.41 bits per heavy atom. The molecule has 0 spiro atoms. The van der Waals surface area contributed by atoms with Gasteiger partial charge in [-0.2, -0.15) is 0 Å². The summed E-state index contributed by atoms with van der Waals surface area (Å²) in [6.45, 7) is 0. The van der Waals surface area contributed by atoms with Gasteiger partial charge in [-0.15, -0.1) is 10.2 Å². The highest BCUT2D eigenvalue weighted by atomic mass is 35.5. The first-order valence-electron chi connectivity index (χ1n) is 9.33. The Morgan fingerprint density at radius 2 is 1.69 bits per heavy atom. The van der Waals surface area contributed by atoms with E-state index in [1.165, 1.54) is 37.5 Å². The van der Waals surface area contributed by atoms with E-state index in [1.807, 2.05) is 0 Å². The van der Waals surface area contributed by atoms with Gasteiger partial charge in [-0.05, 0) is 49.2 Å². The van der Waals surface area contributed by atoms with Crippen molar-refractivity contribution in [2.75, 3.05) is 4.72 Å². The largest absolute Gasteiger partial charge is 0.420 e. The molecule has 152 valence electrons. The number of nitrogens with zero attached hydrogens (tertiary/aromatic N) is 2. The van der Waals surface area contributed by atoms with Crippen LogP contribution in [0.5, 0.6) is 0 Å². The fourth-order valence-electron chi connectivity index (χ4n) is 3.48. The minimum atomic E-state index is -3.85. The lowest BCUT2D eigenvalue weighted by atomic mass is 9.89. The van der Waals surface area contributed by atoms with E-state index in [-0.39, 0.29) is 14.9 Å². The van der Waals surface area contributed by atoms with E-state index >= 15 is 0 Å². The molecule has 0 radical (unpaired) electrons. The van der Waals surface area contributed by atoms with E-state index in [0.29, 0.717) is 29.0 Å². The van der Waals surface area contributed by atoms with E-state index in [9.17, 15) is 8.42 Å². The molecule has 3 aromatic rings. The van der Waals surface area contributed by atoms with Crippen LogP contribution in [0.4, 0.5) is 5.69 Å². The van der Waals surface area contributed by atoms with Gasteiger partial charge in [0.05, 0.1) is 4.90 Å². The van der Waals surface area contributed by atoms with Gasteiger partial charge < -0.3 is 4.42 Å². The molecule has 0 bridgehead atoms. The molecule has 1 fully saturated rings. The Labute approximate surface area is 179 Å². The molecular formula is C20H19Cl2N3O3S. The fourth-order valence-corrected chi connectivity index (χ4v) is 5.25. The summed E-state index contributed by atoms with van der Waals surface area (Å²) in [6, 6.07) is 11.0. The molecular weight excluding hydrogens is 433 g/mol. The van der Waals surface area contributed by atoms with Crippen LogP contribution in [0.1, 0.15) is 43.9 Å². The highest BCUT2D eigenvalue weighted by molar-refractivity contribution is 7.92. The van der Waals surface area contributed by atoms with Crippen LogP contribution in [0.2, 0.25) is 10.0 Å². The molecule has 1 aliphatic rings. The summed E-state index contributed by atoms with van der Waals surface area (Å²) in [5.41, 5.74) is 1.01. The average Bonchev–Trinajstić information content (AvgIpc) is 3.18. The third-order valence-electron chi connectivity index (χ3n) is 4.90. The molecule has 1 saturated carbocycles. The first-order valence-corrected chi connectivity index (χ1v) is 11.6. The van der Waals surface area contributed by atoms with Gasteiger partial charge >= 0.3 is 0 Å². The molecule has 0 saturated heterocycles. The van der Waals surface area contributed by atoms with Crippen LogP contribution < -0.4 is 4.72 Å². The smallest absolute Gasteiger partial charge is 0.261 e. The van der Waals surface area contributed by atoms with Crippen LogP contribution in [-0.4, -0.2) is 18.6 Å². The van der Waals surface area contributed by atoms with Crippen molar-refractivity contribution in [2.45, 2.75) is 42.9 Å². The van der Waals surface area contributed by atoms with Gasteiger partial charge in [0.15, 0.2) is 0 Å². The number of nitrogens with one attached hydrogen (secondary N) is 1. The molecule has 0 aliphatic heterocycles. The minimum absolute atomic E-state index is 0.0159. The zero-order chi connectivity index (χ0) is 20.4. The van der Waals surface area contributed by atoms with Crippen LogP contribution in [0.3, 0.4) is 0 Å². The molecule has 1 aliphatic carbocycles. The van der Waals surface area contributed by atoms with Crippen molar-refractivity contribution >= 4 is 38.9 Å². The predicted octanol–water partition coefficient (Wildman–Crippen LogP) is 5.89. The Balaban J connectivity index is 1.57. The lowest BCUT2D eigenvalue weighted by Crippen LogP contribution is -2.13. The number of halogens is 2. The average molecular weight is 452 g/mol. The summed E-state index contributed by atoms with van der Waals surface area (Å²) in [5, 5.41) is 8.84. The lowest BCUT2D eigenvalue weighted by molar-refractivity contribution is 0.367. The Morgan fingerprint density at radius 1 is 0.966 bits per heavy atom. The van der Waals surface area contributed by atoms with E-state index in [4.69, 9.17) is 27.6 Å². The van der Waals surface area contributed by atoms with Gasteiger partial charge in [0.2, 0.25) is 11.8 Å². The minimum Gasteiger partial charge on any atom is -0.420 e. The lowest BCUT2D eigenvalue weighted by Gasteiger charge is -2.17. The van der Waals surface area contributed by atoms with Gasteiger partial charge in [-0.3, -0.25) is 4.72 Å². The number of sulfonamides is 1. The summed E-state index contributed by atoms with van der Waals surface area (Å²) in [5.74, 6) is 1.33. The number of anilines is 1. The second-order valence-corrected chi connectivity index (χ2v) is 9.63. The van der Waals surface area contributed by atoms with E-state index in [2.05, 4.69) is 14.9 Å². The Bertz CT molecular complexity index is 1110. The number of aromatic nitrogens is 2. The second-order valence-electron chi connectivity index (χ2n) is 7.07. The van der Waals surface area contributed by atoms with Crippen molar-refractivity contribution < 1.29 is 12.8 Å². The summed E-state index contributed by atoms with van der Waals surface area (Å²) < 4.78 is 33.8. The predicted molar refractivity (Wildman–Crippen MR) is 113 cm³/mol. The fraction of sp³-hybridized carbons (Fsp3) is 0.300. The van der Waals surface area contributed by atoms with Gasteiger partial charge in [0.25, 0.3) is 10.0 Å².